The average Bonchev–Trinajstić information content (AvgIpc) is 3.43. The van der Waals surface area contributed by atoms with E-state index in [1.165, 1.54) is 32.8 Å². The molecule has 0 bridgehead atoms. The Morgan fingerprint density at radius 3 is 2.05 bits per heavy atom. The molecule has 0 fully saturated rings. The Morgan fingerprint density at radius 1 is 0.730 bits per heavy atom. The third-order valence-corrected chi connectivity index (χ3v) is 7.88. The van der Waals surface area contributed by atoms with Crippen LogP contribution in [0.15, 0.2) is 81.8 Å². The summed E-state index contributed by atoms with van der Waals surface area (Å²) in [6.45, 7) is 8.97. The highest BCUT2D eigenvalue weighted by molar-refractivity contribution is 6.19. The van der Waals surface area contributed by atoms with Gasteiger partial charge in [0.1, 0.15) is 29.4 Å². The normalized spacial score (nSPS) is 12.3. The van der Waals surface area contributed by atoms with Gasteiger partial charge in [0.2, 0.25) is 5.69 Å². The fraction of sp³-hybridized carbons (Fsp3) is 0.206. The third-order valence-electron chi connectivity index (χ3n) is 7.88. The molecule has 0 amide bonds. The molecule has 37 heavy (non-hydrogen) atoms. The Hall–Kier alpha value is -4.11. The standard InChI is InChI=1S/C34H30NO2/c1-19(2)16-22-18-35(5)32(26-15-14-25-23-10-6-8-12-28(23)36-33(25)31(22)26)30-21(4)20(3)17-27-24-11-7-9-13-29(24)37-34(27)30/h6-15,17-19H,16H2,1-5H3/q+1. The number of furan rings is 2. The zero-order chi connectivity index (χ0) is 25.4. The van der Waals surface area contributed by atoms with Gasteiger partial charge in [0.15, 0.2) is 6.20 Å². The second-order valence-corrected chi connectivity index (χ2v) is 10.8. The average molecular weight is 485 g/mol. The zero-order valence-corrected chi connectivity index (χ0v) is 22.0. The molecule has 0 spiro atoms. The molecule has 0 aliphatic rings. The second-order valence-electron chi connectivity index (χ2n) is 10.8. The largest absolute Gasteiger partial charge is 0.455 e. The van der Waals surface area contributed by atoms with Gasteiger partial charge in [-0.1, -0.05) is 50.2 Å². The van der Waals surface area contributed by atoms with Crippen molar-refractivity contribution in [3.05, 3.63) is 89.6 Å². The molecular formula is C34H30NO2+. The number of rotatable bonds is 3. The molecule has 0 aliphatic carbocycles. The van der Waals surface area contributed by atoms with E-state index in [9.17, 15) is 0 Å². The first kappa shape index (κ1) is 22.1. The van der Waals surface area contributed by atoms with E-state index in [0.29, 0.717) is 5.92 Å². The summed E-state index contributed by atoms with van der Waals surface area (Å²) in [5.74, 6) is 0.525. The number of fused-ring (bicyclic) bond motifs is 8. The van der Waals surface area contributed by atoms with Gasteiger partial charge in [-0.2, -0.15) is 0 Å². The number of aryl methyl sites for hydroxylation is 2. The fourth-order valence-electron chi connectivity index (χ4n) is 6.14. The molecule has 182 valence electrons. The molecule has 3 heterocycles. The van der Waals surface area contributed by atoms with Crippen LogP contribution in [0.25, 0.3) is 65.9 Å². The van der Waals surface area contributed by atoms with Crippen LogP contribution in [-0.2, 0) is 13.5 Å². The number of pyridine rings is 1. The van der Waals surface area contributed by atoms with Crippen molar-refractivity contribution in [2.24, 2.45) is 13.0 Å². The fourth-order valence-corrected chi connectivity index (χ4v) is 6.14. The maximum atomic E-state index is 6.58. The van der Waals surface area contributed by atoms with E-state index in [4.69, 9.17) is 8.83 Å². The summed E-state index contributed by atoms with van der Waals surface area (Å²) >= 11 is 0. The van der Waals surface area contributed by atoms with Crippen LogP contribution in [0.3, 0.4) is 0 Å². The molecule has 0 saturated carbocycles. The van der Waals surface area contributed by atoms with Gasteiger partial charge in [0.25, 0.3) is 0 Å². The highest BCUT2D eigenvalue weighted by Crippen LogP contribution is 2.43. The van der Waals surface area contributed by atoms with Gasteiger partial charge in [-0.15, -0.1) is 0 Å². The van der Waals surface area contributed by atoms with Crippen LogP contribution in [0.4, 0.5) is 0 Å². The minimum Gasteiger partial charge on any atom is -0.455 e. The monoisotopic (exact) mass is 484 g/mol. The summed E-state index contributed by atoms with van der Waals surface area (Å²) < 4.78 is 15.4. The maximum absolute atomic E-state index is 6.58. The molecule has 3 nitrogen and oxygen atoms in total. The first-order chi connectivity index (χ1) is 17.9. The topological polar surface area (TPSA) is 30.2 Å². The molecule has 3 aromatic heterocycles. The molecule has 0 aliphatic heterocycles. The first-order valence-corrected chi connectivity index (χ1v) is 13.1. The SMILES string of the molecule is Cc1cc2c(oc3ccccc32)c(-c2c3ccc4c5ccccc5oc4c3c(CC(C)C)c[n+]2C)c1C. The zero-order valence-electron chi connectivity index (χ0n) is 22.0. The Labute approximate surface area is 215 Å². The summed E-state index contributed by atoms with van der Waals surface area (Å²) in [5, 5.41) is 7.06. The van der Waals surface area contributed by atoms with E-state index in [2.05, 4.69) is 100 Å². The number of nitrogens with zero attached hydrogens (tertiary/aromatic N) is 1. The molecule has 0 N–H and O–H groups in total. The molecule has 0 atom stereocenters. The minimum atomic E-state index is 0.525. The summed E-state index contributed by atoms with van der Waals surface area (Å²) in [7, 11) is 2.16. The van der Waals surface area contributed by atoms with Crippen LogP contribution >= 0.6 is 0 Å². The molecule has 0 saturated heterocycles. The quantitative estimate of drug-likeness (QED) is 0.234. The summed E-state index contributed by atoms with van der Waals surface area (Å²) in [5.41, 5.74) is 9.91. The van der Waals surface area contributed by atoms with Gasteiger partial charge in [-0.25, -0.2) is 4.57 Å². The van der Waals surface area contributed by atoms with Crippen molar-refractivity contribution in [1.29, 1.82) is 0 Å². The number of hydrogen-bond acceptors (Lipinski definition) is 2. The lowest BCUT2D eigenvalue weighted by molar-refractivity contribution is -0.659. The van der Waals surface area contributed by atoms with E-state index in [0.717, 1.165) is 56.2 Å². The molecule has 0 unspecified atom stereocenters. The van der Waals surface area contributed by atoms with Gasteiger partial charge in [0, 0.05) is 32.5 Å². The molecule has 7 rings (SSSR count). The Morgan fingerprint density at radius 2 is 1.35 bits per heavy atom. The minimum absolute atomic E-state index is 0.525. The van der Waals surface area contributed by atoms with Crippen molar-refractivity contribution in [2.75, 3.05) is 0 Å². The van der Waals surface area contributed by atoms with Crippen LogP contribution in [0.5, 0.6) is 0 Å². The highest BCUT2D eigenvalue weighted by atomic mass is 16.3. The maximum Gasteiger partial charge on any atom is 0.224 e. The van der Waals surface area contributed by atoms with Gasteiger partial charge in [0.05, 0.1) is 10.9 Å². The van der Waals surface area contributed by atoms with E-state index >= 15 is 0 Å². The predicted molar refractivity (Wildman–Crippen MR) is 153 cm³/mol. The number of aromatic nitrogens is 1. The van der Waals surface area contributed by atoms with Crippen molar-refractivity contribution in [2.45, 2.75) is 34.1 Å². The van der Waals surface area contributed by atoms with Crippen LogP contribution in [0.1, 0.15) is 30.5 Å². The van der Waals surface area contributed by atoms with Crippen molar-refractivity contribution < 1.29 is 13.4 Å². The Kier molecular flexibility index (Phi) is 4.75. The lowest BCUT2D eigenvalue weighted by Crippen LogP contribution is -2.32. The third kappa shape index (κ3) is 3.16. The van der Waals surface area contributed by atoms with Crippen LogP contribution in [0.2, 0.25) is 0 Å². The molecule has 0 radical (unpaired) electrons. The van der Waals surface area contributed by atoms with E-state index in [-0.39, 0.29) is 0 Å². The van der Waals surface area contributed by atoms with E-state index < -0.39 is 0 Å². The number of para-hydroxylation sites is 2. The number of benzene rings is 4. The molecule has 3 heteroatoms. The van der Waals surface area contributed by atoms with Crippen molar-refractivity contribution in [3.8, 4) is 11.3 Å². The van der Waals surface area contributed by atoms with Gasteiger partial charge in [-0.3, -0.25) is 0 Å². The lowest BCUT2D eigenvalue weighted by Gasteiger charge is -2.14. The van der Waals surface area contributed by atoms with Crippen LogP contribution < -0.4 is 4.57 Å². The van der Waals surface area contributed by atoms with Gasteiger partial charge in [-0.05, 0) is 67.6 Å². The van der Waals surface area contributed by atoms with Crippen LogP contribution in [-0.4, -0.2) is 0 Å². The first-order valence-electron chi connectivity index (χ1n) is 13.1. The van der Waals surface area contributed by atoms with Crippen molar-refractivity contribution >= 4 is 54.6 Å². The van der Waals surface area contributed by atoms with Crippen LogP contribution in [0, 0.1) is 19.8 Å². The smallest absolute Gasteiger partial charge is 0.224 e. The van der Waals surface area contributed by atoms with Crippen molar-refractivity contribution in [1.82, 2.24) is 0 Å². The van der Waals surface area contributed by atoms with Gasteiger partial charge >= 0.3 is 0 Å². The summed E-state index contributed by atoms with van der Waals surface area (Å²) in [6, 6.07) is 23.5. The predicted octanol–water partition coefficient (Wildman–Crippen LogP) is 8.95. The van der Waals surface area contributed by atoms with E-state index in [1.54, 1.807) is 0 Å². The van der Waals surface area contributed by atoms with Gasteiger partial charge < -0.3 is 8.83 Å². The second kappa shape index (κ2) is 7.94. The Bertz CT molecular complexity index is 2020. The lowest BCUT2D eigenvalue weighted by atomic mass is 9.90. The molecule has 4 aromatic carbocycles. The Balaban J connectivity index is 1.68. The molecular weight excluding hydrogens is 454 g/mol. The summed E-state index contributed by atoms with van der Waals surface area (Å²) in [4.78, 5) is 0. The molecule has 7 aromatic rings. The summed E-state index contributed by atoms with van der Waals surface area (Å²) in [6.07, 6.45) is 3.29. The number of hydrogen-bond donors (Lipinski definition) is 0. The van der Waals surface area contributed by atoms with E-state index in [1.807, 2.05) is 12.1 Å². The van der Waals surface area contributed by atoms with Crippen molar-refractivity contribution in [3.63, 3.8) is 0 Å². The highest BCUT2D eigenvalue weighted by Gasteiger charge is 2.28.